The van der Waals surface area contributed by atoms with Crippen LogP contribution in [0.2, 0.25) is 0 Å². The summed E-state index contributed by atoms with van der Waals surface area (Å²) in [6.45, 7) is 9.18. The summed E-state index contributed by atoms with van der Waals surface area (Å²) in [5.41, 5.74) is 5.21. The molecule has 1 aromatic carbocycles. The summed E-state index contributed by atoms with van der Waals surface area (Å²) in [6, 6.07) is 4.64. The van der Waals surface area contributed by atoms with E-state index in [1.54, 1.807) is 0 Å². The van der Waals surface area contributed by atoms with Crippen molar-refractivity contribution in [2.45, 2.75) is 53.0 Å². The highest BCUT2D eigenvalue weighted by molar-refractivity contribution is 5.38. The number of rotatable bonds is 9. The van der Waals surface area contributed by atoms with Crippen molar-refractivity contribution in [2.75, 3.05) is 19.8 Å². The highest BCUT2D eigenvalue weighted by Crippen LogP contribution is 2.19. The molecule has 1 rings (SSSR count). The van der Waals surface area contributed by atoms with E-state index in [1.165, 1.54) is 22.3 Å². The van der Waals surface area contributed by atoms with Crippen LogP contribution in [-0.2, 0) is 11.2 Å². The number of hydrogen-bond donors (Lipinski definition) is 1. The van der Waals surface area contributed by atoms with Crippen molar-refractivity contribution in [3.05, 3.63) is 34.4 Å². The lowest BCUT2D eigenvalue weighted by Gasteiger charge is -2.21. The Morgan fingerprint density at radius 1 is 1.14 bits per heavy atom. The summed E-state index contributed by atoms with van der Waals surface area (Å²) in [5, 5.41) is 3.42. The number of alkyl halides is 2. The fourth-order valence-electron chi connectivity index (χ4n) is 2.74. The van der Waals surface area contributed by atoms with Crippen molar-refractivity contribution in [3.63, 3.8) is 0 Å². The van der Waals surface area contributed by atoms with Crippen LogP contribution in [0.4, 0.5) is 8.78 Å². The van der Waals surface area contributed by atoms with Crippen LogP contribution in [0.1, 0.15) is 35.6 Å². The van der Waals surface area contributed by atoms with E-state index in [-0.39, 0.29) is 6.04 Å². The van der Waals surface area contributed by atoms with Crippen LogP contribution in [0.3, 0.4) is 0 Å². The largest absolute Gasteiger partial charge is 0.375 e. The Bertz CT molecular complexity index is 412. The lowest BCUT2D eigenvalue weighted by molar-refractivity contribution is 0.0144. The van der Waals surface area contributed by atoms with Crippen LogP contribution in [0.25, 0.3) is 0 Å². The maximum Gasteiger partial charge on any atom is 0.261 e. The van der Waals surface area contributed by atoms with Gasteiger partial charge in [-0.05, 0) is 56.8 Å². The topological polar surface area (TPSA) is 21.3 Å². The van der Waals surface area contributed by atoms with E-state index in [1.807, 2.05) is 0 Å². The normalized spacial score (nSPS) is 12.9. The molecular formula is C17H27F2NO. The predicted molar refractivity (Wildman–Crippen MR) is 83.3 cm³/mol. The van der Waals surface area contributed by atoms with Gasteiger partial charge in [0.1, 0.15) is 6.61 Å². The number of aryl methyl sites for hydroxylation is 3. The highest BCUT2D eigenvalue weighted by Gasteiger charge is 2.13. The van der Waals surface area contributed by atoms with Crippen LogP contribution in [0.5, 0.6) is 0 Å². The molecule has 1 atom stereocenters. The third-order valence-electron chi connectivity index (χ3n) is 3.64. The molecule has 0 saturated carbocycles. The molecule has 0 saturated heterocycles. The molecule has 4 heteroatoms. The molecular weight excluding hydrogens is 272 g/mol. The second-order valence-corrected chi connectivity index (χ2v) is 5.59. The maximum atomic E-state index is 12.1. The van der Waals surface area contributed by atoms with E-state index in [2.05, 4.69) is 45.1 Å². The number of benzene rings is 1. The third kappa shape index (κ3) is 6.53. The quantitative estimate of drug-likeness (QED) is 0.700. The molecule has 0 bridgehead atoms. The number of likely N-dealkylation sites (N-methyl/N-ethyl adjacent to an activating group) is 1. The van der Waals surface area contributed by atoms with Gasteiger partial charge in [-0.25, -0.2) is 8.78 Å². The molecule has 1 unspecified atom stereocenters. The lowest BCUT2D eigenvalue weighted by atomic mass is 9.93. The number of nitrogens with one attached hydrogen (secondary N) is 1. The molecule has 0 fully saturated rings. The zero-order chi connectivity index (χ0) is 15.8. The summed E-state index contributed by atoms with van der Waals surface area (Å²) >= 11 is 0. The van der Waals surface area contributed by atoms with Crippen LogP contribution in [0, 0.1) is 20.8 Å². The summed E-state index contributed by atoms with van der Waals surface area (Å²) in [6.07, 6.45) is -0.735. The minimum Gasteiger partial charge on any atom is -0.375 e. The average Bonchev–Trinajstić information content (AvgIpc) is 2.38. The van der Waals surface area contributed by atoms with Crippen LogP contribution in [0.15, 0.2) is 12.1 Å². The molecule has 120 valence electrons. The molecule has 1 N–H and O–H groups in total. The van der Waals surface area contributed by atoms with E-state index in [0.717, 1.165) is 19.4 Å². The molecule has 0 radical (unpaired) electrons. The van der Waals surface area contributed by atoms with Gasteiger partial charge in [-0.2, -0.15) is 0 Å². The van der Waals surface area contributed by atoms with Gasteiger partial charge < -0.3 is 10.1 Å². The van der Waals surface area contributed by atoms with E-state index in [4.69, 9.17) is 4.74 Å². The van der Waals surface area contributed by atoms with Crippen LogP contribution < -0.4 is 5.32 Å². The minimum atomic E-state index is -2.39. The average molecular weight is 299 g/mol. The Kier molecular flexibility index (Phi) is 7.83. The lowest BCUT2D eigenvalue weighted by Crippen LogP contribution is -2.33. The van der Waals surface area contributed by atoms with E-state index < -0.39 is 13.0 Å². The van der Waals surface area contributed by atoms with Gasteiger partial charge in [-0.3, -0.25) is 0 Å². The summed E-state index contributed by atoms with van der Waals surface area (Å²) in [4.78, 5) is 0. The Morgan fingerprint density at radius 2 is 1.76 bits per heavy atom. The van der Waals surface area contributed by atoms with Gasteiger partial charge in [0.2, 0.25) is 0 Å². The molecule has 0 aliphatic rings. The first-order chi connectivity index (χ1) is 9.93. The first kappa shape index (κ1) is 18.1. The maximum absolute atomic E-state index is 12.1. The SMILES string of the molecule is CCNC(CCOCC(F)F)Cc1c(C)cc(C)cc1C. The molecule has 0 aliphatic carbocycles. The van der Waals surface area contributed by atoms with Gasteiger partial charge in [0.25, 0.3) is 6.43 Å². The first-order valence-electron chi connectivity index (χ1n) is 7.60. The van der Waals surface area contributed by atoms with Crippen LogP contribution >= 0.6 is 0 Å². The summed E-state index contributed by atoms with van der Waals surface area (Å²) < 4.78 is 29.1. The standard InChI is InChI=1S/C17H27F2NO/c1-5-20-15(6-7-21-11-17(18)19)10-16-13(3)8-12(2)9-14(16)4/h8-9,15,17,20H,5-7,10-11H2,1-4H3. The minimum absolute atomic E-state index is 0.257. The molecule has 21 heavy (non-hydrogen) atoms. The smallest absolute Gasteiger partial charge is 0.261 e. The van der Waals surface area contributed by atoms with Gasteiger partial charge in [-0.1, -0.05) is 24.6 Å². The van der Waals surface area contributed by atoms with Crippen molar-refractivity contribution in [3.8, 4) is 0 Å². The monoisotopic (exact) mass is 299 g/mol. The van der Waals surface area contributed by atoms with Gasteiger partial charge >= 0.3 is 0 Å². The van der Waals surface area contributed by atoms with E-state index in [0.29, 0.717) is 6.61 Å². The fraction of sp³-hybridized carbons (Fsp3) is 0.647. The molecule has 0 amide bonds. The number of ether oxygens (including phenoxy) is 1. The number of hydrogen-bond acceptors (Lipinski definition) is 2. The zero-order valence-electron chi connectivity index (χ0n) is 13.5. The molecule has 0 spiro atoms. The summed E-state index contributed by atoms with van der Waals surface area (Å²) in [5.74, 6) is 0. The van der Waals surface area contributed by atoms with Crippen molar-refractivity contribution >= 4 is 0 Å². The second kappa shape index (κ2) is 9.11. The van der Waals surface area contributed by atoms with Gasteiger partial charge in [0.05, 0.1) is 0 Å². The Morgan fingerprint density at radius 3 is 2.29 bits per heavy atom. The van der Waals surface area contributed by atoms with E-state index in [9.17, 15) is 8.78 Å². The molecule has 0 aromatic heterocycles. The fourth-order valence-corrected chi connectivity index (χ4v) is 2.74. The Labute approximate surface area is 126 Å². The first-order valence-corrected chi connectivity index (χ1v) is 7.60. The highest BCUT2D eigenvalue weighted by atomic mass is 19.3. The zero-order valence-corrected chi connectivity index (χ0v) is 13.5. The van der Waals surface area contributed by atoms with Gasteiger partial charge in [0, 0.05) is 12.6 Å². The number of halogens is 2. The molecule has 0 heterocycles. The summed E-state index contributed by atoms with van der Waals surface area (Å²) in [7, 11) is 0. The van der Waals surface area contributed by atoms with Crippen molar-refractivity contribution in [1.82, 2.24) is 5.32 Å². The molecule has 2 nitrogen and oxygen atoms in total. The van der Waals surface area contributed by atoms with Gasteiger partial charge in [0.15, 0.2) is 0 Å². The van der Waals surface area contributed by atoms with Crippen LogP contribution in [-0.4, -0.2) is 32.2 Å². The molecule has 1 aromatic rings. The van der Waals surface area contributed by atoms with Gasteiger partial charge in [-0.15, -0.1) is 0 Å². The third-order valence-corrected chi connectivity index (χ3v) is 3.64. The molecule has 0 aliphatic heterocycles. The Balaban J connectivity index is 2.61. The van der Waals surface area contributed by atoms with Crippen molar-refractivity contribution in [2.24, 2.45) is 0 Å². The van der Waals surface area contributed by atoms with E-state index >= 15 is 0 Å². The van der Waals surface area contributed by atoms with Crippen molar-refractivity contribution in [1.29, 1.82) is 0 Å². The van der Waals surface area contributed by atoms with Crippen molar-refractivity contribution < 1.29 is 13.5 Å². The second-order valence-electron chi connectivity index (χ2n) is 5.59. The Hall–Kier alpha value is -1.00. The predicted octanol–water partition coefficient (Wildman–Crippen LogP) is 3.80.